The summed E-state index contributed by atoms with van der Waals surface area (Å²) in [5.74, 6) is 0. The minimum Gasteiger partial charge on any atom is -0.399 e. The molecule has 4 nitrogen and oxygen atoms in total. The fraction of sp³-hybridized carbons (Fsp3) is 0.400. The quantitative estimate of drug-likeness (QED) is 0.453. The second-order valence-electron chi connectivity index (χ2n) is 11.9. The zero-order valence-corrected chi connectivity index (χ0v) is 22.7. The lowest BCUT2D eigenvalue weighted by atomic mass is 9.62. The molecule has 2 heterocycles. The molecule has 2 aliphatic rings. The average molecular weight is 482 g/mol. The molecule has 0 N–H and O–H groups in total. The van der Waals surface area contributed by atoms with E-state index in [1.807, 2.05) is 6.07 Å². The van der Waals surface area contributed by atoms with E-state index in [4.69, 9.17) is 18.6 Å². The predicted molar refractivity (Wildman–Crippen MR) is 149 cm³/mol. The maximum Gasteiger partial charge on any atom is 0.495 e. The molecule has 2 aliphatic heterocycles. The molecule has 0 saturated carbocycles. The number of hydrogen-bond donors (Lipinski definition) is 0. The topological polar surface area (TPSA) is 36.9 Å². The van der Waals surface area contributed by atoms with Gasteiger partial charge in [-0.05, 0) is 88.6 Å². The van der Waals surface area contributed by atoms with Crippen molar-refractivity contribution >= 4 is 25.2 Å². The van der Waals surface area contributed by atoms with Crippen molar-refractivity contribution in [2.45, 2.75) is 77.8 Å². The van der Waals surface area contributed by atoms with Gasteiger partial charge in [0.15, 0.2) is 0 Å². The van der Waals surface area contributed by atoms with E-state index >= 15 is 0 Å². The van der Waals surface area contributed by atoms with Crippen molar-refractivity contribution in [1.82, 2.24) is 0 Å². The van der Waals surface area contributed by atoms with Gasteiger partial charge in [0.05, 0.1) is 22.4 Å². The molecule has 0 atom stereocenters. The molecule has 3 aromatic carbocycles. The van der Waals surface area contributed by atoms with Crippen LogP contribution in [0.15, 0.2) is 72.8 Å². The van der Waals surface area contributed by atoms with Crippen LogP contribution in [0.4, 0.5) is 0 Å². The van der Waals surface area contributed by atoms with E-state index in [-0.39, 0.29) is 0 Å². The van der Waals surface area contributed by atoms with Gasteiger partial charge in [-0.1, -0.05) is 72.8 Å². The van der Waals surface area contributed by atoms with Gasteiger partial charge in [0, 0.05) is 0 Å². The summed E-state index contributed by atoms with van der Waals surface area (Å²) in [6, 6.07) is 25.3. The van der Waals surface area contributed by atoms with Crippen molar-refractivity contribution in [2.75, 3.05) is 0 Å². The van der Waals surface area contributed by atoms with Crippen LogP contribution >= 0.6 is 0 Å². The van der Waals surface area contributed by atoms with Gasteiger partial charge < -0.3 is 18.6 Å². The maximum atomic E-state index is 6.63. The van der Waals surface area contributed by atoms with Crippen LogP contribution in [-0.4, -0.2) is 36.6 Å². The van der Waals surface area contributed by atoms with Gasteiger partial charge in [0.2, 0.25) is 0 Å². The third-order valence-electron chi connectivity index (χ3n) is 8.44. The lowest BCUT2D eigenvalue weighted by Crippen LogP contribution is -2.52. The minimum atomic E-state index is -0.566. The van der Waals surface area contributed by atoms with E-state index in [0.29, 0.717) is 0 Å². The first-order valence-corrected chi connectivity index (χ1v) is 12.8. The molecular weight excluding hydrogens is 446 g/mol. The van der Waals surface area contributed by atoms with Crippen molar-refractivity contribution in [1.29, 1.82) is 0 Å². The normalized spacial score (nSPS) is 21.7. The highest BCUT2D eigenvalue weighted by atomic mass is 16.7. The van der Waals surface area contributed by atoms with E-state index in [1.165, 1.54) is 0 Å². The summed E-state index contributed by atoms with van der Waals surface area (Å²) in [5, 5.41) is 0. The Morgan fingerprint density at radius 2 is 0.889 bits per heavy atom. The summed E-state index contributed by atoms with van der Waals surface area (Å²) >= 11 is 0. The molecule has 5 rings (SSSR count). The molecule has 0 radical (unpaired) electrons. The molecule has 0 bridgehead atoms. The largest absolute Gasteiger partial charge is 0.495 e. The summed E-state index contributed by atoms with van der Waals surface area (Å²) in [6.07, 6.45) is 0. The van der Waals surface area contributed by atoms with Crippen molar-refractivity contribution < 1.29 is 18.6 Å². The summed E-state index contributed by atoms with van der Waals surface area (Å²) in [5.41, 5.74) is 4.52. The minimum absolute atomic E-state index is 0.456. The Kier molecular flexibility index (Phi) is 6.04. The Morgan fingerprint density at radius 3 is 1.44 bits per heavy atom. The molecule has 0 spiro atoms. The lowest BCUT2D eigenvalue weighted by Gasteiger charge is -2.32. The first-order chi connectivity index (χ1) is 16.8. The van der Waals surface area contributed by atoms with Crippen molar-refractivity contribution in [3.8, 4) is 22.3 Å². The van der Waals surface area contributed by atoms with Crippen molar-refractivity contribution in [3.05, 3.63) is 72.8 Å². The fourth-order valence-electron chi connectivity index (χ4n) is 4.80. The first-order valence-electron chi connectivity index (χ1n) is 12.8. The molecule has 0 amide bonds. The Hall–Kier alpha value is -2.37. The first kappa shape index (κ1) is 25.3. The highest BCUT2D eigenvalue weighted by Crippen LogP contribution is 2.40. The van der Waals surface area contributed by atoms with Crippen LogP contribution in [0.3, 0.4) is 0 Å². The van der Waals surface area contributed by atoms with Crippen LogP contribution < -0.4 is 10.9 Å². The Bertz CT molecular complexity index is 1230. The van der Waals surface area contributed by atoms with Crippen LogP contribution in [0.1, 0.15) is 55.4 Å². The zero-order valence-electron chi connectivity index (χ0n) is 22.7. The van der Waals surface area contributed by atoms with Crippen LogP contribution in [-0.2, 0) is 18.6 Å². The molecule has 0 aromatic heterocycles. The maximum absolute atomic E-state index is 6.63. The van der Waals surface area contributed by atoms with Gasteiger partial charge in [-0.25, -0.2) is 0 Å². The van der Waals surface area contributed by atoms with E-state index < -0.39 is 36.6 Å². The van der Waals surface area contributed by atoms with Crippen LogP contribution in [0.25, 0.3) is 22.3 Å². The molecule has 3 aromatic rings. The van der Waals surface area contributed by atoms with Gasteiger partial charge in [-0.3, -0.25) is 0 Å². The second kappa shape index (κ2) is 8.59. The summed E-state index contributed by atoms with van der Waals surface area (Å²) in [6.45, 7) is 16.7. The van der Waals surface area contributed by atoms with Gasteiger partial charge in [0.1, 0.15) is 0 Å². The van der Waals surface area contributed by atoms with Gasteiger partial charge in [-0.2, -0.15) is 0 Å². The lowest BCUT2D eigenvalue weighted by molar-refractivity contribution is 0.00578. The molecule has 2 saturated heterocycles. The van der Waals surface area contributed by atoms with E-state index in [0.717, 1.165) is 33.2 Å². The predicted octanol–water partition coefficient (Wildman–Crippen LogP) is 5.62. The number of rotatable bonds is 4. The van der Waals surface area contributed by atoms with E-state index in [2.05, 4.69) is 122 Å². The summed E-state index contributed by atoms with van der Waals surface area (Å²) < 4.78 is 26.3. The number of hydrogen-bond acceptors (Lipinski definition) is 4. The zero-order chi connectivity index (χ0) is 25.9. The molecule has 2 fully saturated rings. The van der Waals surface area contributed by atoms with E-state index in [9.17, 15) is 0 Å². The standard InChI is InChI=1S/C30H36B2O4/c1-27(2)28(3,4)34-31(33-27)25-20-14-19-24(26(25)32-35-29(5,6)30(7,8)36-32)23-18-13-12-17-22(23)21-15-10-9-11-16-21/h9-20H,1-8H3. The molecule has 186 valence electrons. The molecule has 0 unspecified atom stereocenters. The Balaban J connectivity index is 1.72. The van der Waals surface area contributed by atoms with Gasteiger partial charge >= 0.3 is 14.2 Å². The molecular formula is C30H36B2O4. The molecule has 6 heteroatoms. The van der Waals surface area contributed by atoms with Crippen LogP contribution in [0.5, 0.6) is 0 Å². The molecule has 0 aliphatic carbocycles. The Labute approximate surface area is 216 Å². The van der Waals surface area contributed by atoms with Gasteiger partial charge in [0.25, 0.3) is 0 Å². The highest BCUT2D eigenvalue weighted by molar-refractivity contribution is 6.75. The summed E-state index contributed by atoms with van der Waals surface area (Å²) in [7, 11) is -1.10. The van der Waals surface area contributed by atoms with Crippen LogP contribution in [0, 0.1) is 0 Å². The van der Waals surface area contributed by atoms with Gasteiger partial charge in [-0.15, -0.1) is 0 Å². The molecule has 36 heavy (non-hydrogen) atoms. The highest BCUT2D eigenvalue weighted by Gasteiger charge is 2.56. The number of benzene rings is 3. The second-order valence-corrected chi connectivity index (χ2v) is 11.9. The Morgan fingerprint density at radius 1 is 0.444 bits per heavy atom. The third kappa shape index (κ3) is 4.14. The average Bonchev–Trinajstić information content (AvgIpc) is 3.18. The van der Waals surface area contributed by atoms with Crippen molar-refractivity contribution in [3.63, 3.8) is 0 Å². The van der Waals surface area contributed by atoms with Crippen molar-refractivity contribution in [2.24, 2.45) is 0 Å². The SMILES string of the molecule is CC1(C)OB(c2cccc(-c3ccccc3-c3ccccc3)c2B2OC(C)(C)C(C)(C)O2)OC1(C)C. The smallest absolute Gasteiger partial charge is 0.399 e. The summed E-state index contributed by atoms with van der Waals surface area (Å²) in [4.78, 5) is 0. The van der Waals surface area contributed by atoms with E-state index in [1.54, 1.807) is 0 Å². The fourth-order valence-corrected chi connectivity index (χ4v) is 4.80. The monoisotopic (exact) mass is 482 g/mol. The van der Waals surface area contributed by atoms with Crippen LogP contribution in [0.2, 0.25) is 0 Å². The third-order valence-corrected chi connectivity index (χ3v) is 8.44.